The van der Waals surface area contributed by atoms with Crippen LogP contribution in [0.3, 0.4) is 0 Å². The third-order valence-corrected chi connectivity index (χ3v) is 6.94. The van der Waals surface area contributed by atoms with Crippen LogP contribution in [0.2, 0.25) is 0 Å². The molecule has 3 fully saturated rings. The van der Waals surface area contributed by atoms with E-state index in [1.165, 1.54) is 13.1 Å². The van der Waals surface area contributed by atoms with E-state index in [-0.39, 0.29) is 5.54 Å². The molecule has 3 rings (SSSR count). The van der Waals surface area contributed by atoms with E-state index in [0.717, 1.165) is 25.9 Å². The van der Waals surface area contributed by atoms with Crippen LogP contribution in [0.1, 0.15) is 33.6 Å². The molecule has 110 valence electrons. The van der Waals surface area contributed by atoms with Gasteiger partial charge in [0, 0.05) is 37.8 Å². The van der Waals surface area contributed by atoms with Gasteiger partial charge in [-0.1, -0.05) is 0 Å². The molecule has 0 aromatic rings. The van der Waals surface area contributed by atoms with Crippen molar-refractivity contribution in [2.75, 3.05) is 37.7 Å². The van der Waals surface area contributed by atoms with Gasteiger partial charge in [0.1, 0.15) is 9.84 Å². The number of hydrogen-bond donors (Lipinski definition) is 0. The lowest BCUT2D eigenvalue weighted by Crippen LogP contribution is -2.71. The Morgan fingerprint density at radius 3 is 2.05 bits per heavy atom. The molecular formula is C14H26N2O2S. The maximum Gasteiger partial charge on any atom is 0.150 e. The minimum atomic E-state index is -2.71. The summed E-state index contributed by atoms with van der Waals surface area (Å²) in [5, 5.41) is 0. The van der Waals surface area contributed by atoms with Crippen molar-refractivity contribution in [2.24, 2.45) is 5.41 Å². The standard InChI is InChI=1S/C14H26N2O2S/c1-13(2,3)16-8-12(9-16)15-10-14(11-15)4-6-19(17,18)7-5-14/h12H,4-11H2,1-3H3. The monoisotopic (exact) mass is 286 g/mol. The normalized spacial score (nSPS) is 31.9. The fraction of sp³-hybridized carbons (Fsp3) is 1.00. The first-order valence-electron chi connectivity index (χ1n) is 7.39. The van der Waals surface area contributed by atoms with E-state index in [1.807, 2.05) is 0 Å². The van der Waals surface area contributed by atoms with Crippen LogP contribution in [-0.4, -0.2) is 67.5 Å². The summed E-state index contributed by atoms with van der Waals surface area (Å²) >= 11 is 0. The SMILES string of the molecule is CC(C)(C)N1CC(N2CC3(CCS(=O)(=O)CC3)C2)C1. The van der Waals surface area contributed by atoms with Crippen LogP contribution in [0.25, 0.3) is 0 Å². The molecule has 0 aromatic carbocycles. The highest BCUT2D eigenvalue weighted by Gasteiger charge is 2.50. The van der Waals surface area contributed by atoms with Crippen LogP contribution >= 0.6 is 0 Å². The smallest absolute Gasteiger partial charge is 0.150 e. The molecular weight excluding hydrogens is 260 g/mol. The largest absolute Gasteiger partial charge is 0.297 e. The Bertz CT molecular complexity index is 438. The van der Waals surface area contributed by atoms with Crippen LogP contribution in [-0.2, 0) is 9.84 Å². The highest BCUT2D eigenvalue weighted by atomic mass is 32.2. The third kappa shape index (κ3) is 2.57. The highest BCUT2D eigenvalue weighted by Crippen LogP contribution is 2.43. The fourth-order valence-electron chi connectivity index (χ4n) is 3.59. The van der Waals surface area contributed by atoms with Crippen LogP contribution in [0.15, 0.2) is 0 Å². The quantitative estimate of drug-likeness (QED) is 0.720. The summed E-state index contributed by atoms with van der Waals surface area (Å²) in [6.45, 7) is 11.4. The predicted octanol–water partition coefficient (Wildman–Crippen LogP) is 0.980. The van der Waals surface area contributed by atoms with Gasteiger partial charge in [0.05, 0.1) is 11.5 Å². The minimum absolute atomic E-state index is 0.290. The number of sulfone groups is 1. The zero-order valence-corrected chi connectivity index (χ0v) is 13.2. The summed E-state index contributed by atoms with van der Waals surface area (Å²) in [6, 6.07) is 0.711. The zero-order valence-electron chi connectivity index (χ0n) is 12.4. The molecule has 4 nitrogen and oxygen atoms in total. The van der Waals surface area contributed by atoms with Gasteiger partial charge in [0.2, 0.25) is 0 Å². The molecule has 3 aliphatic heterocycles. The fourth-order valence-corrected chi connectivity index (χ4v) is 5.29. The second kappa shape index (κ2) is 4.18. The van der Waals surface area contributed by atoms with Gasteiger partial charge in [0.15, 0.2) is 0 Å². The Labute approximate surface area is 117 Å². The lowest BCUT2D eigenvalue weighted by molar-refractivity contribution is -0.104. The van der Waals surface area contributed by atoms with Crippen LogP contribution in [0.4, 0.5) is 0 Å². The van der Waals surface area contributed by atoms with Gasteiger partial charge in [-0.3, -0.25) is 9.80 Å². The van der Waals surface area contributed by atoms with Crippen LogP contribution in [0, 0.1) is 5.41 Å². The van der Waals surface area contributed by atoms with Gasteiger partial charge in [-0.25, -0.2) is 8.42 Å². The summed E-state index contributed by atoms with van der Waals surface area (Å²) in [5.41, 5.74) is 0.630. The number of hydrogen-bond acceptors (Lipinski definition) is 4. The van der Waals surface area contributed by atoms with E-state index in [0.29, 0.717) is 23.0 Å². The van der Waals surface area contributed by atoms with Gasteiger partial charge < -0.3 is 0 Å². The summed E-state index contributed by atoms with van der Waals surface area (Å²) in [5.74, 6) is 0.833. The van der Waals surface area contributed by atoms with Crippen molar-refractivity contribution in [3.05, 3.63) is 0 Å². The molecule has 1 spiro atoms. The van der Waals surface area contributed by atoms with Gasteiger partial charge in [-0.15, -0.1) is 0 Å². The number of nitrogens with zero attached hydrogens (tertiary/aromatic N) is 2. The van der Waals surface area contributed by atoms with Gasteiger partial charge >= 0.3 is 0 Å². The summed E-state index contributed by atoms with van der Waals surface area (Å²) in [7, 11) is -2.71. The van der Waals surface area contributed by atoms with Crippen molar-refractivity contribution < 1.29 is 8.42 Å². The molecule has 0 bridgehead atoms. The molecule has 3 aliphatic rings. The second-order valence-corrected chi connectivity index (χ2v) is 10.1. The Morgan fingerprint density at radius 1 is 1.05 bits per heavy atom. The molecule has 5 heteroatoms. The second-order valence-electron chi connectivity index (χ2n) is 7.79. The van der Waals surface area contributed by atoms with E-state index in [2.05, 4.69) is 30.6 Å². The molecule has 0 atom stereocenters. The maximum absolute atomic E-state index is 11.5. The van der Waals surface area contributed by atoms with Crippen molar-refractivity contribution in [3.63, 3.8) is 0 Å². The van der Waals surface area contributed by atoms with E-state index in [9.17, 15) is 8.42 Å². The Morgan fingerprint density at radius 2 is 1.58 bits per heavy atom. The average molecular weight is 286 g/mol. The molecule has 3 heterocycles. The lowest BCUT2D eigenvalue weighted by Gasteiger charge is -2.60. The summed E-state index contributed by atoms with van der Waals surface area (Å²) in [6.07, 6.45) is 1.78. The Kier molecular flexibility index (Phi) is 3.05. The molecule has 0 amide bonds. The van der Waals surface area contributed by atoms with E-state index < -0.39 is 9.84 Å². The predicted molar refractivity (Wildman–Crippen MR) is 77.0 cm³/mol. The Hall–Kier alpha value is -0.130. The van der Waals surface area contributed by atoms with E-state index >= 15 is 0 Å². The van der Waals surface area contributed by atoms with Gasteiger partial charge in [-0.05, 0) is 39.0 Å². The number of rotatable bonds is 1. The van der Waals surface area contributed by atoms with Crippen molar-refractivity contribution in [1.29, 1.82) is 0 Å². The van der Waals surface area contributed by atoms with E-state index in [1.54, 1.807) is 0 Å². The molecule has 0 saturated carbocycles. The minimum Gasteiger partial charge on any atom is -0.297 e. The molecule has 0 aromatic heterocycles. The molecule has 0 unspecified atom stereocenters. The number of likely N-dealkylation sites (tertiary alicyclic amines) is 2. The van der Waals surface area contributed by atoms with Crippen LogP contribution in [0.5, 0.6) is 0 Å². The topological polar surface area (TPSA) is 40.6 Å². The highest BCUT2D eigenvalue weighted by molar-refractivity contribution is 7.91. The Balaban J connectivity index is 1.47. The molecule has 0 radical (unpaired) electrons. The van der Waals surface area contributed by atoms with Crippen LogP contribution < -0.4 is 0 Å². The van der Waals surface area contributed by atoms with Crippen molar-refractivity contribution in [3.8, 4) is 0 Å². The van der Waals surface area contributed by atoms with Crippen molar-refractivity contribution >= 4 is 9.84 Å². The zero-order chi connectivity index (χ0) is 13.9. The first-order valence-corrected chi connectivity index (χ1v) is 9.21. The van der Waals surface area contributed by atoms with Crippen molar-refractivity contribution in [1.82, 2.24) is 9.80 Å². The maximum atomic E-state index is 11.5. The van der Waals surface area contributed by atoms with E-state index in [4.69, 9.17) is 0 Å². The molecule has 19 heavy (non-hydrogen) atoms. The van der Waals surface area contributed by atoms with Crippen molar-refractivity contribution in [2.45, 2.75) is 45.2 Å². The average Bonchev–Trinajstić information content (AvgIpc) is 2.13. The molecule has 0 aliphatic carbocycles. The molecule has 0 N–H and O–H groups in total. The van der Waals surface area contributed by atoms with Gasteiger partial charge in [-0.2, -0.15) is 0 Å². The summed E-state index contributed by atoms with van der Waals surface area (Å²) in [4.78, 5) is 5.09. The van der Waals surface area contributed by atoms with Gasteiger partial charge in [0.25, 0.3) is 0 Å². The third-order valence-electron chi connectivity index (χ3n) is 5.29. The first-order chi connectivity index (χ1) is 8.69. The lowest BCUT2D eigenvalue weighted by atomic mass is 9.73. The summed E-state index contributed by atoms with van der Waals surface area (Å²) < 4.78 is 23.0. The molecule has 3 saturated heterocycles. The first kappa shape index (κ1) is 13.8.